The monoisotopic (exact) mass is 485 g/mol. The molecule has 10 heteroatoms. The van der Waals surface area contributed by atoms with E-state index in [2.05, 4.69) is 17.2 Å². The van der Waals surface area contributed by atoms with Gasteiger partial charge in [0.2, 0.25) is 15.9 Å². The third kappa shape index (κ3) is 5.30. The second-order valence-electron chi connectivity index (χ2n) is 8.45. The number of hydrogen-bond acceptors (Lipinski definition) is 5. The van der Waals surface area contributed by atoms with E-state index in [4.69, 9.17) is 4.74 Å². The number of amides is 2. The number of nitrogens with zero attached hydrogens (tertiary/aromatic N) is 1. The Morgan fingerprint density at radius 1 is 1.15 bits per heavy atom. The minimum atomic E-state index is -3.74. The maximum absolute atomic E-state index is 13.2. The summed E-state index contributed by atoms with van der Waals surface area (Å²) in [5, 5.41) is 14.5. The van der Waals surface area contributed by atoms with Gasteiger partial charge in [-0.05, 0) is 42.2 Å². The van der Waals surface area contributed by atoms with Crippen molar-refractivity contribution in [3.05, 3.63) is 78.4 Å². The number of hydrogen-bond donors (Lipinski definition) is 3. The molecule has 2 aromatic rings. The summed E-state index contributed by atoms with van der Waals surface area (Å²) in [6, 6.07) is 15.3. The van der Waals surface area contributed by atoms with Crippen LogP contribution in [0.1, 0.15) is 23.6 Å². The molecule has 0 radical (unpaired) electrons. The molecule has 4 rings (SSSR count). The van der Waals surface area contributed by atoms with Gasteiger partial charge in [-0.15, -0.1) is 0 Å². The molecule has 0 bridgehead atoms. The summed E-state index contributed by atoms with van der Waals surface area (Å²) in [7, 11) is -3.74. The number of carboxylic acid groups (broad SMARTS) is 1. The predicted octanol–water partition coefficient (Wildman–Crippen LogP) is 2.28. The summed E-state index contributed by atoms with van der Waals surface area (Å²) in [4.78, 5) is 22.9. The molecule has 2 aliphatic heterocycles. The molecule has 2 aliphatic rings. The van der Waals surface area contributed by atoms with Gasteiger partial charge in [-0.1, -0.05) is 49.0 Å². The maximum atomic E-state index is 13.2. The molecule has 2 aromatic carbocycles. The fourth-order valence-electron chi connectivity index (χ4n) is 4.50. The highest BCUT2D eigenvalue weighted by atomic mass is 32.2. The van der Waals surface area contributed by atoms with Crippen molar-refractivity contribution in [1.82, 2.24) is 14.9 Å². The van der Waals surface area contributed by atoms with Crippen molar-refractivity contribution in [3.63, 3.8) is 0 Å². The van der Waals surface area contributed by atoms with Gasteiger partial charge < -0.3 is 20.5 Å². The van der Waals surface area contributed by atoms with Gasteiger partial charge in [-0.2, -0.15) is 4.31 Å². The maximum Gasteiger partial charge on any atom is 0.405 e. The molecule has 9 nitrogen and oxygen atoms in total. The van der Waals surface area contributed by atoms with Gasteiger partial charge >= 0.3 is 6.09 Å². The molecule has 2 saturated heterocycles. The lowest BCUT2D eigenvalue weighted by atomic mass is 9.99. The standard InChI is InChI=1S/C24H27N3O6S/c1-2-22(28)26-23-13-18-14-27(15-21(18)33-23)34(31,32)19-10-8-17(9-11-19)20(25-24(29)30)12-16-6-4-3-5-7-16/h2-11,18,20-21,23,25H,1,12-15H2,(H,26,28)(H,29,30). The zero-order chi connectivity index (χ0) is 24.3. The van der Waals surface area contributed by atoms with Crippen LogP contribution in [0.25, 0.3) is 0 Å². The van der Waals surface area contributed by atoms with E-state index < -0.39 is 28.4 Å². The lowest BCUT2D eigenvalue weighted by Gasteiger charge is -2.21. The average molecular weight is 486 g/mol. The normalized spacial score (nSPS) is 23.1. The minimum absolute atomic E-state index is 0.000757. The third-order valence-electron chi connectivity index (χ3n) is 6.19. The number of fused-ring (bicyclic) bond motifs is 1. The second-order valence-corrected chi connectivity index (χ2v) is 10.4. The first kappa shape index (κ1) is 23.9. The lowest BCUT2D eigenvalue weighted by molar-refractivity contribution is -0.120. The molecule has 34 heavy (non-hydrogen) atoms. The van der Waals surface area contributed by atoms with Gasteiger partial charge in [0.25, 0.3) is 0 Å². The van der Waals surface area contributed by atoms with E-state index in [1.165, 1.54) is 22.5 Å². The van der Waals surface area contributed by atoms with Crippen molar-refractivity contribution >= 4 is 22.0 Å². The molecule has 0 aromatic heterocycles. The van der Waals surface area contributed by atoms with Gasteiger partial charge in [-0.3, -0.25) is 4.79 Å². The Labute approximate surface area is 198 Å². The van der Waals surface area contributed by atoms with E-state index in [0.717, 1.165) is 5.56 Å². The van der Waals surface area contributed by atoms with Crippen LogP contribution in [0, 0.1) is 5.92 Å². The largest absolute Gasteiger partial charge is 0.465 e. The summed E-state index contributed by atoms with van der Waals surface area (Å²) >= 11 is 0. The van der Waals surface area contributed by atoms with E-state index in [1.54, 1.807) is 12.1 Å². The van der Waals surface area contributed by atoms with Crippen molar-refractivity contribution < 1.29 is 27.9 Å². The first-order valence-electron chi connectivity index (χ1n) is 11.0. The molecule has 2 amide bonds. The molecule has 180 valence electrons. The van der Waals surface area contributed by atoms with Crippen molar-refractivity contribution in [2.24, 2.45) is 5.92 Å². The van der Waals surface area contributed by atoms with E-state index in [0.29, 0.717) is 24.9 Å². The van der Waals surface area contributed by atoms with Crippen LogP contribution in [0.15, 0.2) is 72.1 Å². The molecule has 4 unspecified atom stereocenters. The number of benzene rings is 2. The first-order valence-corrected chi connectivity index (χ1v) is 12.4. The number of ether oxygens (including phenoxy) is 1. The SMILES string of the molecule is C=CC(=O)NC1CC2CN(S(=O)(=O)c3ccc(C(Cc4ccccc4)NC(=O)O)cc3)CC2O1. The van der Waals surface area contributed by atoms with Crippen LogP contribution in [-0.2, 0) is 26.0 Å². The van der Waals surface area contributed by atoms with Crippen LogP contribution in [0.5, 0.6) is 0 Å². The molecular weight excluding hydrogens is 458 g/mol. The summed E-state index contributed by atoms with van der Waals surface area (Å²) in [5.74, 6) is -0.323. The van der Waals surface area contributed by atoms with Gasteiger partial charge in [-0.25, -0.2) is 13.2 Å². The highest BCUT2D eigenvalue weighted by Gasteiger charge is 2.46. The van der Waals surface area contributed by atoms with Crippen LogP contribution in [-0.4, -0.2) is 55.3 Å². The quantitative estimate of drug-likeness (QED) is 0.493. The summed E-state index contributed by atoms with van der Waals surface area (Å²) in [5.41, 5.74) is 1.64. The Hall–Kier alpha value is -3.21. The molecule has 3 N–H and O–H groups in total. The summed E-state index contributed by atoms with van der Waals surface area (Å²) in [6.45, 7) is 3.94. The smallest absolute Gasteiger partial charge is 0.405 e. The van der Waals surface area contributed by atoms with E-state index in [9.17, 15) is 23.1 Å². The van der Waals surface area contributed by atoms with Crippen molar-refractivity contribution in [2.45, 2.75) is 36.1 Å². The zero-order valence-corrected chi connectivity index (χ0v) is 19.3. The first-order chi connectivity index (χ1) is 16.3. The fourth-order valence-corrected chi connectivity index (χ4v) is 6.01. The number of sulfonamides is 1. The number of carbonyl (C=O) groups excluding carboxylic acids is 1. The van der Waals surface area contributed by atoms with Crippen LogP contribution in [0.2, 0.25) is 0 Å². The minimum Gasteiger partial charge on any atom is -0.465 e. The van der Waals surface area contributed by atoms with Crippen LogP contribution in [0.4, 0.5) is 4.79 Å². The molecule has 2 fully saturated rings. The highest BCUT2D eigenvalue weighted by Crippen LogP contribution is 2.35. The number of rotatable bonds is 8. The Kier molecular flexibility index (Phi) is 7.01. The van der Waals surface area contributed by atoms with Crippen molar-refractivity contribution in [3.8, 4) is 0 Å². The van der Waals surface area contributed by atoms with Gasteiger partial charge in [0.15, 0.2) is 0 Å². The molecule has 0 spiro atoms. The molecule has 2 heterocycles. The number of nitrogens with one attached hydrogen (secondary N) is 2. The predicted molar refractivity (Wildman–Crippen MR) is 124 cm³/mol. The van der Waals surface area contributed by atoms with E-state index in [-0.39, 0.29) is 29.4 Å². The van der Waals surface area contributed by atoms with E-state index >= 15 is 0 Å². The Morgan fingerprint density at radius 3 is 2.47 bits per heavy atom. The summed E-state index contributed by atoms with van der Waals surface area (Å²) < 4.78 is 33.6. The third-order valence-corrected chi connectivity index (χ3v) is 8.04. The van der Waals surface area contributed by atoms with E-state index in [1.807, 2.05) is 30.3 Å². The second kappa shape index (κ2) is 9.96. The topological polar surface area (TPSA) is 125 Å². The van der Waals surface area contributed by atoms with Gasteiger partial charge in [0.05, 0.1) is 17.0 Å². The Bertz CT molecular complexity index is 1140. The Morgan fingerprint density at radius 2 is 1.85 bits per heavy atom. The number of carbonyl (C=O) groups is 2. The lowest BCUT2D eigenvalue weighted by Crippen LogP contribution is -2.37. The van der Waals surface area contributed by atoms with Crippen molar-refractivity contribution in [1.29, 1.82) is 0 Å². The van der Waals surface area contributed by atoms with Gasteiger partial charge in [0, 0.05) is 19.0 Å². The highest BCUT2D eigenvalue weighted by molar-refractivity contribution is 7.89. The molecule has 0 saturated carbocycles. The van der Waals surface area contributed by atoms with Crippen LogP contribution in [0.3, 0.4) is 0 Å². The Balaban J connectivity index is 1.44. The zero-order valence-electron chi connectivity index (χ0n) is 18.5. The average Bonchev–Trinajstić information content (AvgIpc) is 3.38. The molecule has 4 atom stereocenters. The summed E-state index contributed by atoms with van der Waals surface area (Å²) in [6.07, 6.45) is 0.289. The van der Waals surface area contributed by atoms with Crippen molar-refractivity contribution in [2.75, 3.05) is 13.1 Å². The molecule has 0 aliphatic carbocycles. The molecular formula is C24H27N3O6S. The van der Waals surface area contributed by atoms with Crippen LogP contribution < -0.4 is 10.6 Å². The van der Waals surface area contributed by atoms with Crippen LogP contribution >= 0.6 is 0 Å². The fraction of sp³-hybridized carbons (Fsp3) is 0.333. The van der Waals surface area contributed by atoms with Gasteiger partial charge in [0.1, 0.15) is 6.23 Å².